The van der Waals surface area contributed by atoms with Gasteiger partial charge in [-0.25, -0.2) is 0 Å². The summed E-state index contributed by atoms with van der Waals surface area (Å²) >= 11 is 0. The van der Waals surface area contributed by atoms with Crippen LogP contribution in [0, 0.1) is 0 Å². The van der Waals surface area contributed by atoms with Crippen LogP contribution in [0.1, 0.15) is 28.0 Å². The Kier molecular flexibility index (Phi) is 4.52. The minimum absolute atomic E-state index is 0.165. The van der Waals surface area contributed by atoms with E-state index in [1.54, 1.807) is 18.2 Å². The van der Waals surface area contributed by atoms with Crippen molar-refractivity contribution in [1.82, 2.24) is 15.8 Å². The molecule has 2 aromatic rings. The number of ether oxygens (including phenoxy) is 1. The number of carbonyl (C=O) groups excluding carboxylic acids is 2. The highest BCUT2D eigenvalue weighted by Gasteiger charge is 2.12. The third-order valence-electron chi connectivity index (χ3n) is 3.65. The highest BCUT2D eigenvalue weighted by Crippen LogP contribution is 2.25. The van der Waals surface area contributed by atoms with Gasteiger partial charge in [0.05, 0.1) is 0 Å². The largest absolute Gasteiger partial charge is 0.484 e. The minimum atomic E-state index is -0.475. The lowest BCUT2D eigenvalue weighted by atomic mass is 10.1. The van der Waals surface area contributed by atoms with E-state index in [0.29, 0.717) is 5.75 Å². The lowest BCUT2D eigenvalue weighted by Gasteiger charge is -2.09. The SMILES string of the molecule is O=C(COc1ccc2c(c1)CCC2)NNC(=O)c1ccccn1. The third kappa shape index (κ3) is 3.85. The zero-order chi connectivity index (χ0) is 16.1. The second-order valence-electron chi connectivity index (χ2n) is 5.29. The van der Waals surface area contributed by atoms with Crippen molar-refractivity contribution in [1.29, 1.82) is 0 Å². The van der Waals surface area contributed by atoms with Crippen LogP contribution in [0.3, 0.4) is 0 Å². The molecular formula is C17H17N3O3. The summed E-state index contributed by atoms with van der Waals surface area (Å²) in [5.41, 5.74) is 7.46. The molecule has 1 aromatic carbocycles. The van der Waals surface area contributed by atoms with E-state index in [0.717, 1.165) is 12.8 Å². The van der Waals surface area contributed by atoms with E-state index in [-0.39, 0.29) is 12.3 Å². The van der Waals surface area contributed by atoms with Gasteiger partial charge in [0, 0.05) is 6.20 Å². The van der Waals surface area contributed by atoms with Crippen molar-refractivity contribution in [3.63, 3.8) is 0 Å². The van der Waals surface area contributed by atoms with Crippen molar-refractivity contribution < 1.29 is 14.3 Å². The molecule has 0 saturated carbocycles. The molecule has 2 amide bonds. The number of rotatable bonds is 4. The number of hydrogen-bond donors (Lipinski definition) is 2. The van der Waals surface area contributed by atoms with Gasteiger partial charge in [-0.15, -0.1) is 0 Å². The standard InChI is InChI=1S/C17H17N3O3/c21-16(19-20-17(22)15-6-1-2-9-18-15)11-23-14-8-7-12-4-3-5-13(12)10-14/h1-2,6-10H,3-5,11H2,(H,19,21)(H,20,22). The first-order chi connectivity index (χ1) is 11.2. The minimum Gasteiger partial charge on any atom is -0.484 e. The van der Waals surface area contributed by atoms with Crippen LogP contribution in [-0.2, 0) is 17.6 Å². The summed E-state index contributed by atoms with van der Waals surface area (Å²) in [5.74, 6) is -0.247. The lowest BCUT2D eigenvalue weighted by Crippen LogP contribution is -2.44. The molecule has 6 nitrogen and oxygen atoms in total. The van der Waals surface area contributed by atoms with Crippen LogP contribution in [0.4, 0.5) is 0 Å². The van der Waals surface area contributed by atoms with E-state index in [2.05, 4.69) is 15.8 Å². The maximum atomic E-state index is 11.7. The number of aromatic nitrogens is 1. The van der Waals surface area contributed by atoms with Gasteiger partial charge in [-0.3, -0.25) is 25.4 Å². The summed E-state index contributed by atoms with van der Waals surface area (Å²) < 4.78 is 5.45. The second-order valence-corrected chi connectivity index (χ2v) is 5.29. The number of benzene rings is 1. The Balaban J connectivity index is 1.46. The van der Waals surface area contributed by atoms with Crippen molar-refractivity contribution in [3.8, 4) is 5.75 Å². The fraction of sp³-hybridized carbons (Fsp3) is 0.235. The molecule has 118 valence electrons. The molecule has 1 heterocycles. The molecule has 1 aliphatic rings. The normalized spacial score (nSPS) is 12.3. The lowest BCUT2D eigenvalue weighted by molar-refractivity contribution is -0.123. The van der Waals surface area contributed by atoms with E-state index in [4.69, 9.17) is 4.74 Å². The Morgan fingerprint density at radius 1 is 1.09 bits per heavy atom. The molecule has 6 heteroatoms. The first kappa shape index (κ1) is 15.0. The Hall–Kier alpha value is -2.89. The highest BCUT2D eigenvalue weighted by atomic mass is 16.5. The molecule has 1 aromatic heterocycles. The van der Waals surface area contributed by atoms with Gasteiger partial charge in [-0.2, -0.15) is 0 Å². The van der Waals surface area contributed by atoms with Crippen molar-refractivity contribution in [2.24, 2.45) is 0 Å². The fourth-order valence-corrected chi connectivity index (χ4v) is 2.51. The van der Waals surface area contributed by atoms with Crippen LogP contribution < -0.4 is 15.6 Å². The van der Waals surface area contributed by atoms with Gasteiger partial charge in [0.1, 0.15) is 11.4 Å². The smallest absolute Gasteiger partial charge is 0.288 e. The molecule has 3 rings (SSSR count). The summed E-state index contributed by atoms with van der Waals surface area (Å²) in [6, 6.07) is 10.8. The van der Waals surface area contributed by atoms with Gasteiger partial charge >= 0.3 is 0 Å². The molecule has 0 fully saturated rings. The summed E-state index contributed by atoms with van der Waals surface area (Å²) in [7, 11) is 0. The molecule has 0 radical (unpaired) electrons. The maximum absolute atomic E-state index is 11.7. The fourth-order valence-electron chi connectivity index (χ4n) is 2.51. The predicted molar refractivity (Wildman–Crippen MR) is 83.8 cm³/mol. The number of pyridine rings is 1. The topological polar surface area (TPSA) is 80.3 Å². The van der Waals surface area contributed by atoms with E-state index in [1.165, 1.54) is 23.7 Å². The summed E-state index contributed by atoms with van der Waals surface area (Å²) in [6.07, 6.45) is 4.83. The van der Waals surface area contributed by atoms with Crippen LogP contribution in [0.15, 0.2) is 42.6 Å². The Morgan fingerprint density at radius 2 is 1.96 bits per heavy atom. The molecule has 0 atom stereocenters. The average Bonchev–Trinajstić information content (AvgIpc) is 3.06. The second kappa shape index (κ2) is 6.91. The number of hydrazine groups is 1. The van der Waals surface area contributed by atoms with Crippen LogP contribution >= 0.6 is 0 Å². The molecule has 0 aliphatic heterocycles. The number of aryl methyl sites for hydroxylation is 2. The number of carbonyl (C=O) groups is 2. The molecule has 2 N–H and O–H groups in total. The predicted octanol–water partition coefficient (Wildman–Crippen LogP) is 1.41. The zero-order valence-corrected chi connectivity index (χ0v) is 12.5. The quantitative estimate of drug-likeness (QED) is 0.837. The first-order valence-corrected chi connectivity index (χ1v) is 7.47. The van der Waals surface area contributed by atoms with E-state index < -0.39 is 11.8 Å². The highest BCUT2D eigenvalue weighted by molar-refractivity contribution is 5.93. The Morgan fingerprint density at radius 3 is 2.78 bits per heavy atom. The summed E-state index contributed by atoms with van der Waals surface area (Å²) in [4.78, 5) is 27.3. The zero-order valence-electron chi connectivity index (χ0n) is 12.5. The van der Waals surface area contributed by atoms with Crippen molar-refractivity contribution in [3.05, 3.63) is 59.4 Å². The van der Waals surface area contributed by atoms with Crippen molar-refractivity contribution in [2.75, 3.05) is 6.61 Å². The molecule has 0 bridgehead atoms. The molecular weight excluding hydrogens is 294 g/mol. The van der Waals surface area contributed by atoms with Gasteiger partial charge in [0.2, 0.25) is 0 Å². The Labute approximate surface area is 133 Å². The molecule has 0 unspecified atom stereocenters. The molecule has 0 spiro atoms. The number of amides is 2. The van der Waals surface area contributed by atoms with Gasteiger partial charge in [0.25, 0.3) is 11.8 Å². The van der Waals surface area contributed by atoms with Crippen molar-refractivity contribution >= 4 is 11.8 Å². The Bertz CT molecular complexity index is 716. The molecule has 0 saturated heterocycles. The maximum Gasteiger partial charge on any atom is 0.288 e. The average molecular weight is 311 g/mol. The number of nitrogens with one attached hydrogen (secondary N) is 2. The first-order valence-electron chi connectivity index (χ1n) is 7.47. The van der Waals surface area contributed by atoms with Crippen LogP contribution in [-0.4, -0.2) is 23.4 Å². The summed E-state index contributed by atoms with van der Waals surface area (Å²) in [5, 5.41) is 0. The van der Waals surface area contributed by atoms with Gasteiger partial charge in [-0.1, -0.05) is 12.1 Å². The van der Waals surface area contributed by atoms with Gasteiger partial charge in [0.15, 0.2) is 6.61 Å². The van der Waals surface area contributed by atoms with Crippen LogP contribution in [0.25, 0.3) is 0 Å². The van der Waals surface area contributed by atoms with Crippen molar-refractivity contribution in [2.45, 2.75) is 19.3 Å². The van der Waals surface area contributed by atoms with Crippen LogP contribution in [0.5, 0.6) is 5.75 Å². The monoisotopic (exact) mass is 311 g/mol. The number of nitrogens with zero attached hydrogens (tertiary/aromatic N) is 1. The van der Waals surface area contributed by atoms with Gasteiger partial charge < -0.3 is 4.74 Å². The number of fused-ring (bicyclic) bond motifs is 1. The van der Waals surface area contributed by atoms with E-state index in [1.807, 2.05) is 18.2 Å². The molecule has 23 heavy (non-hydrogen) atoms. The van der Waals surface area contributed by atoms with E-state index >= 15 is 0 Å². The molecule has 1 aliphatic carbocycles. The van der Waals surface area contributed by atoms with Gasteiger partial charge in [-0.05, 0) is 54.7 Å². The van der Waals surface area contributed by atoms with Crippen LogP contribution in [0.2, 0.25) is 0 Å². The summed E-state index contributed by atoms with van der Waals surface area (Å²) in [6.45, 7) is -0.165. The van der Waals surface area contributed by atoms with E-state index in [9.17, 15) is 9.59 Å². The number of hydrogen-bond acceptors (Lipinski definition) is 4. The third-order valence-corrected chi connectivity index (χ3v) is 3.65.